The molecule has 1 unspecified atom stereocenters. The number of amides is 1. The van der Waals surface area contributed by atoms with Crippen molar-refractivity contribution in [3.63, 3.8) is 0 Å². The molecule has 0 radical (unpaired) electrons. The van der Waals surface area contributed by atoms with E-state index >= 15 is 0 Å². The molecule has 0 spiro atoms. The fourth-order valence-electron chi connectivity index (χ4n) is 2.13. The third-order valence-corrected chi connectivity index (χ3v) is 4.05. The number of fused-ring (bicyclic) bond motifs is 1. The van der Waals surface area contributed by atoms with Crippen molar-refractivity contribution in [2.75, 3.05) is 31.6 Å². The van der Waals surface area contributed by atoms with E-state index < -0.39 is 6.10 Å². The van der Waals surface area contributed by atoms with Gasteiger partial charge in [-0.15, -0.1) is 0 Å². The fourth-order valence-corrected chi connectivity index (χ4v) is 3.03. The molecule has 1 saturated heterocycles. The Morgan fingerprint density at radius 2 is 2.52 bits per heavy atom. The number of hydrogen-bond acceptors (Lipinski definition) is 6. The van der Waals surface area contributed by atoms with E-state index in [1.807, 2.05) is 25.1 Å². The maximum atomic E-state index is 12.1. The van der Waals surface area contributed by atoms with Crippen LogP contribution in [0.5, 0.6) is 5.75 Å². The Morgan fingerprint density at radius 1 is 1.62 bits per heavy atom. The highest BCUT2D eigenvalue weighted by Crippen LogP contribution is 2.29. The molecule has 1 fully saturated rings. The number of aromatic nitrogens is 1. The molecule has 0 saturated carbocycles. The Labute approximate surface area is 126 Å². The largest absolute Gasteiger partial charge is 0.494 e. The van der Waals surface area contributed by atoms with Crippen LogP contribution < -0.4 is 15.4 Å². The van der Waals surface area contributed by atoms with Gasteiger partial charge >= 0.3 is 0 Å². The fraction of sp³-hybridized carbons (Fsp3) is 0.429. The summed E-state index contributed by atoms with van der Waals surface area (Å²) in [7, 11) is 0. The van der Waals surface area contributed by atoms with E-state index in [9.17, 15) is 4.79 Å². The van der Waals surface area contributed by atoms with Crippen LogP contribution in [0.15, 0.2) is 18.2 Å². The number of benzene rings is 1. The molecule has 6 nitrogen and oxygen atoms in total. The highest BCUT2D eigenvalue weighted by atomic mass is 32.1. The smallest absolute Gasteiger partial charge is 0.256 e. The summed E-state index contributed by atoms with van der Waals surface area (Å²) in [6, 6.07) is 5.71. The van der Waals surface area contributed by atoms with Gasteiger partial charge in [0.25, 0.3) is 5.91 Å². The number of morpholine rings is 1. The van der Waals surface area contributed by atoms with Crippen LogP contribution in [0, 0.1) is 0 Å². The van der Waals surface area contributed by atoms with E-state index in [-0.39, 0.29) is 5.91 Å². The van der Waals surface area contributed by atoms with Crippen LogP contribution in [0.4, 0.5) is 5.13 Å². The third kappa shape index (κ3) is 3.31. The van der Waals surface area contributed by atoms with Gasteiger partial charge in [0, 0.05) is 13.1 Å². The summed E-state index contributed by atoms with van der Waals surface area (Å²) in [4.78, 5) is 16.5. The van der Waals surface area contributed by atoms with Crippen molar-refractivity contribution >= 4 is 32.6 Å². The summed E-state index contributed by atoms with van der Waals surface area (Å²) in [6.45, 7) is 4.44. The zero-order valence-corrected chi connectivity index (χ0v) is 12.5. The average Bonchev–Trinajstić information content (AvgIpc) is 2.90. The third-order valence-electron chi connectivity index (χ3n) is 3.12. The van der Waals surface area contributed by atoms with Crippen LogP contribution in [-0.4, -0.2) is 43.3 Å². The topological polar surface area (TPSA) is 72.5 Å². The minimum atomic E-state index is -0.454. The van der Waals surface area contributed by atoms with Gasteiger partial charge in [0.05, 0.1) is 23.4 Å². The van der Waals surface area contributed by atoms with Crippen molar-refractivity contribution in [2.24, 2.45) is 0 Å². The Balaban J connectivity index is 1.73. The lowest BCUT2D eigenvalue weighted by Gasteiger charge is -2.22. The van der Waals surface area contributed by atoms with Crippen LogP contribution >= 0.6 is 11.3 Å². The number of anilines is 1. The average molecular weight is 307 g/mol. The Kier molecular flexibility index (Phi) is 4.33. The van der Waals surface area contributed by atoms with Gasteiger partial charge in [-0.2, -0.15) is 0 Å². The first-order valence-corrected chi connectivity index (χ1v) is 7.74. The number of carbonyl (C=O) groups is 1. The van der Waals surface area contributed by atoms with Gasteiger partial charge in [-0.05, 0) is 25.1 Å². The van der Waals surface area contributed by atoms with Crippen molar-refractivity contribution in [3.8, 4) is 5.75 Å². The zero-order valence-electron chi connectivity index (χ0n) is 11.7. The molecule has 2 aromatic rings. The van der Waals surface area contributed by atoms with Crippen molar-refractivity contribution in [1.29, 1.82) is 0 Å². The lowest BCUT2D eigenvalue weighted by molar-refractivity contribution is -0.128. The number of ether oxygens (including phenoxy) is 2. The van der Waals surface area contributed by atoms with Gasteiger partial charge in [-0.25, -0.2) is 4.98 Å². The van der Waals surface area contributed by atoms with E-state index in [4.69, 9.17) is 9.47 Å². The van der Waals surface area contributed by atoms with Gasteiger partial charge in [0.2, 0.25) is 0 Å². The Hall–Kier alpha value is -1.70. The van der Waals surface area contributed by atoms with E-state index in [1.54, 1.807) is 0 Å². The summed E-state index contributed by atoms with van der Waals surface area (Å²) in [5.41, 5.74) is 0.849. The van der Waals surface area contributed by atoms with E-state index in [1.165, 1.54) is 11.3 Å². The summed E-state index contributed by atoms with van der Waals surface area (Å²) >= 11 is 1.43. The normalized spacial score (nSPS) is 18.6. The number of nitrogens with one attached hydrogen (secondary N) is 2. The van der Waals surface area contributed by atoms with Crippen LogP contribution in [0.3, 0.4) is 0 Å². The molecule has 112 valence electrons. The quantitative estimate of drug-likeness (QED) is 0.898. The molecule has 2 N–H and O–H groups in total. The summed E-state index contributed by atoms with van der Waals surface area (Å²) < 4.78 is 11.9. The van der Waals surface area contributed by atoms with Crippen molar-refractivity contribution < 1.29 is 14.3 Å². The van der Waals surface area contributed by atoms with Gasteiger partial charge in [-0.3, -0.25) is 10.1 Å². The van der Waals surface area contributed by atoms with Crippen molar-refractivity contribution in [1.82, 2.24) is 10.3 Å². The number of nitrogens with zero attached hydrogens (tertiary/aromatic N) is 1. The summed E-state index contributed by atoms with van der Waals surface area (Å²) in [6.07, 6.45) is -0.454. The molecule has 1 amide bonds. The molecule has 21 heavy (non-hydrogen) atoms. The maximum absolute atomic E-state index is 12.1. The Morgan fingerprint density at radius 3 is 3.29 bits per heavy atom. The lowest BCUT2D eigenvalue weighted by Crippen LogP contribution is -2.45. The minimum Gasteiger partial charge on any atom is -0.494 e. The molecule has 1 aliphatic heterocycles. The molecule has 7 heteroatoms. The SMILES string of the molecule is CCOc1ccc2nc(NC(=O)C3CNCCO3)sc2c1. The number of thiazole rings is 1. The summed E-state index contributed by atoms with van der Waals surface area (Å²) in [5, 5.41) is 6.53. The molecule has 0 bridgehead atoms. The molecular weight excluding hydrogens is 290 g/mol. The zero-order chi connectivity index (χ0) is 14.7. The molecule has 1 atom stereocenters. The minimum absolute atomic E-state index is 0.161. The molecule has 0 aliphatic carbocycles. The van der Waals surface area contributed by atoms with Crippen LogP contribution in [0.1, 0.15) is 6.92 Å². The number of hydrogen-bond donors (Lipinski definition) is 2. The van der Waals surface area contributed by atoms with Gasteiger partial charge in [0.15, 0.2) is 5.13 Å². The van der Waals surface area contributed by atoms with E-state index in [0.29, 0.717) is 24.9 Å². The standard InChI is InChI=1S/C14H17N3O3S/c1-2-19-9-3-4-10-12(7-9)21-14(16-10)17-13(18)11-8-15-5-6-20-11/h3-4,7,11,15H,2,5-6,8H2,1H3,(H,16,17,18). The number of rotatable bonds is 4. The first-order chi connectivity index (χ1) is 10.3. The van der Waals surface area contributed by atoms with E-state index in [0.717, 1.165) is 22.5 Å². The van der Waals surface area contributed by atoms with Gasteiger partial charge in [0.1, 0.15) is 11.9 Å². The summed E-state index contributed by atoms with van der Waals surface area (Å²) in [5.74, 6) is 0.651. The second kappa shape index (κ2) is 6.38. The molecule has 3 rings (SSSR count). The number of carbonyl (C=O) groups excluding carboxylic acids is 1. The molecule has 1 aromatic heterocycles. The van der Waals surface area contributed by atoms with Gasteiger partial charge < -0.3 is 14.8 Å². The van der Waals surface area contributed by atoms with Crippen LogP contribution in [0.2, 0.25) is 0 Å². The van der Waals surface area contributed by atoms with Crippen molar-refractivity contribution in [3.05, 3.63) is 18.2 Å². The monoisotopic (exact) mass is 307 g/mol. The Bertz CT molecular complexity index is 637. The maximum Gasteiger partial charge on any atom is 0.256 e. The second-order valence-electron chi connectivity index (χ2n) is 4.63. The van der Waals surface area contributed by atoms with Crippen molar-refractivity contribution in [2.45, 2.75) is 13.0 Å². The van der Waals surface area contributed by atoms with Crippen LogP contribution in [-0.2, 0) is 9.53 Å². The van der Waals surface area contributed by atoms with Gasteiger partial charge in [-0.1, -0.05) is 11.3 Å². The lowest BCUT2D eigenvalue weighted by atomic mass is 10.3. The van der Waals surface area contributed by atoms with Crippen LogP contribution in [0.25, 0.3) is 10.2 Å². The first kappa shape index (κ1) is 14.2. The highest BCUT2D eigenvalue weighted by molar-refractivity contribution is 7.22. The molecule has 1 aromatic carbocycles. The van der Waals surface area contributed by atoms with E-state index in [2.05, 4.69) is 15.6 Å². The predicted octanol–water partition coefficient (Wildman–Crippen LogP) is 1.62. The molecular formula is C14H17N3O3S. The molecule has 2 heterocycles. The highest BCUT2D eigenvalue weighted by Gasteiger charge is 2.22. The first-order valence-electron chi connectivity index (χ1n) is 6.93. The molecule has 1 aliphatic rings. The second-order valence-corrected chi connectivity index (χ2v) is 5.67. The predicted molar refractivity (Wildman–Crippen MR) is 82.0 cm³/mol.